The molecule has 1 saturated carbocycles. The lowest BCUT2D eigenvalue weighted by molar-refractivity contribution is 0.280. The van der Waals surface area contributed by atoms with Crippen LogP contribution in [0.15, 0.2) is 47.4 Å². The van der Waals surface area contributed by atoms with Gasteiger partial charge in [-0.15, -0.1) is 10.2 Å². The molecule has 4 aromatic rings. The number of aromatic nitrogens is 7. The van der Waals surface area contributed by atoms with E-state index in [2.05, 4.69) is 40.7 Å². The summed E-state index contributed by atoms with van der Waals surface area (Å²) < 4.78 is 1.68. The Balaban J connectivity index is 1.10. The van der Waals surface area contributed by atoms with Gasteiger partial charge in [-0.2, -0.15) is 5.10 Å². The number of hydrogen-bond donors (Lipinski definition) is 2. The Morgan fingerprint density at radius 3 is 2.77 bits per heavy atom. The van der Waals surface area contributed by atoms with Gasteiger partial charge >= 0.3 is 0 Å². The lowest BCUT2D eigenvalue weighted by atomic mass is 9.85. The van der Waals surface area contributed by atoms with E-state index in [0.29, 0.717) is 35.0 Å². The molecule has 6 rings (SSSR count). The molecule has 1 aliphatic carbocycles. The van der Waals surface area contributed by atoms with Crippen LogP contribution in [0.1, 0.15) is 37.8 Å². The van der Waals surface area contributed by atoms with Gasteiger partial charge in [0.1, 0.15) is 5.69 Å². The summed E-state index contributed by atoms with van der Waals surface area (Å²) in [6.45, 7) is 3.57. The monoisotopic (exact) mass is 471 g/mol. The molecule has 2 fully saturated rings. The van der Waals surface area contributed by atoms with Crippen molar-refractivity contribution < 1.29 is 0 Å². The highest BCUT2D eigenvalue weighted by molar-refractivity contribution is 5.78. The molecule has 0 radical (unpaired) electrons. The number of rotatable bonds is 7. The van der Waals surface area contributed by atoms with Gasteiger partial charge in [0.2, 0.25) is 0 Å². The van der Waals surface area contributed by atoms with Gasteiger partial charge < -0.3 is 15.2 Å². The first-order valence-corrected chi connectivity index (χ1v) is 12.4. The van der Waals surface area contributed by atoms with Crippen molar-refractivity contribution in [1.29, 1.82) is 0 Å². The fourth-order valence-corrected chi connectivity index (χ4v) is 4.85. The van der Waals surface area contributed by atoms with Crippen LogP contribution in [0.2, 0.25) is 0 Å². The fourth-order valence-electron chi connectivity index (χ4n) is 4.85. The van der Waals surface area contributed by atoms with Crippen LogP contribution >= 0.6 is 0 Å². The van der Waals surface area contributed by atoms with Crippen molar-refractivity contribution >= 4 is 16.7 Å². The SMILES string of the molecule is O=c1[nH]c(-c2cn(Cc3ccc(N4CCC[C@@H](NCC5CCC5)C4)nn3)nn2)nc2ccccc12. The van der Waals surface area contributed by atoms with Crippen molar-refractivity contribution in [3.63, 3.8) is 0 Å². The zero-order valence-electron chi connectivity index (χ0n) is 19.6. The molecule has 10 heteroatoms. The summed E-state index contributed by atoms with van der Waals surface area (Å²) >= 11 is 0. The smallest absolute Gasteiger partial charge is 0.259 e. The Morgan fingerprint density at radius 1 is 1.03 bits per heavy atom. The van der Waals surface area contributed by atoms with Gasteiger partial charge in [0.15, 0.2) is 11.6 Å². The van der Waals surface area contributed by atoms with E-state index >= 15 is 0 Å². The molecule has 1 atom stereocenters. The zero-order valence-corrected chi connectivity index (χ0v) is 19.6. The number of hydrogen-bond acceptors (Lipinski definition) is 8. The molecule has 180 valence electrons. The van der Waals surface area contributed by atoms with E-state index in [-0.39, 0.29) is 5.56 Å². The highest BCUT2D eigenvalue weighted by Gasteiger charge is 2.23. The molecule has 0 amide bonds. The van der Waals surface area contributed by atoms with Gasteiger partial charge in [0, 0.05) is 19.1 Å². The van der Waals surface area contributed by atoms with Gasteiger partial charge in [-0.25, -0.2) is 9.67 Å². The minimum absolute atomic E-state index is 0.195. The van der Waals surface area contributed by atoms with Crippen LogP contribution in [0.25, 0.3) is 22.4 Å². The first-order valence-electron chi connectivity index (χ1n) is 12.4. The molecule has 1 saturated heterocycles. The Hall–Kier alpha value is -3.66. The second-order valence-electron chi connectivity index (χ2n) is 9.61. The van der Waals surface area contributed by atoms with Crippen LogP contribution < -0.4 is 15.8 Å². The van der Waals surface area contributed by atoms with Gasteiger partial charge in [0.05, 0.1) is 29.3 Å². The van der Waals surface area contributed by atoms with Crippen LogP contribution in [0.3, 0.4) is 0 Å². The van der Waals surface area contributed by atoms with Crippen molar-refractivity contribution in [3.8, 4) is 11.5 Å². The third-order valence-electron chi connectivity index (χ3n) is 7.09. The maximum atomic E-state index is 12.4. The summed E-state index contributed by atoms with van der Waals surface area (Å²) in [4.78, 5) is 22.0. The fraction of sp³-hybridized carbons (Fsp3) is 0.440. The summed E-state index contributed by atoms with van der Waals surface area (Å²) in [5.41, 5.74) is 1.73. The van der Waals surface area contributed by atoms with Gasteiger partial charge in [0.25, 0.3) is 5.56 Å². The summed E-state index contributed by atoms with van der Waals surface area (Å²) in [6.07, 6.45) is 8.28. The average molecular weight is 472 g/mol. The standard InChI is InChI=1S/C25H29N9O/c35-25-20-8-1-2-9-21(20)27-24(28-25)22-16-34(32-30-22)15-19-10-11-23(31-29-19)33-12-4-7-18(14-33)26-13-17-5-3-6-17/h1-2,8-11,16-18,26H,3-7,12-15H2,(H,27,28,35)/t18-/m1/s1. The van der Waals surface area contributed by atoms with E-state index in [9.17, 15) is 4.79 Å². The minimum Gasteiger partial charge on any atom is -0.354 e. The van der Waals surface area contributed by atoms with Crippen molar-refractivity contribution in [2.45, 2.75) is 44.7 Å². The predicted molar refractivity (Wildman–Crippen MR) is 133 cm³/mol. The molecular weight excluding hydrogens is 442 g/mol. The molecule has 2 aliphatic rings. The van der Waals surface area contributed by atoms with Crippen molar-refractivity contribution in [1.82, 2.24) is 40.5 Å². The van der Waals surface area contributed by atoms with Gasteiger partial charge in [-0.05, 0) is 62.4 Å². The number of anilines is 1. The van der Waals surface area contributed by atoms with E-state index < -0.39 is 0 Å². The molecule has 35 heavy (non-hydrogen) atoms. The van der Waals surface area contributed by atoms with E-state index in [4.69, 9.17) is 0 Å². The molecule has 4 heterocycles. The maximum absolute atomic E-state index is 12.4. The van der Waals surface area contributed by atoms with Gasteiger partial charge in [-0.3, -0.25) is 4.79 Å². The lowest BCUT2D eigenvalue weighted by Crippen LogP contribution is -2.47. The van der Waals surface area contributed by atoms with E-state index in [1.54, 1.807) is 16.9 Å². The molecule has 1 aliphatic heterocycles. The number of para-hydroxylation sites is 1. The summed E-state index contributed by atoms with van der Waals surface area (Å²) in [5, 5.41) is 21.6. The van der Waals surface area contributed by atoms with Crippen LogP contribution in [0, 0.1) is 5.92 Å². The second-order valence-corrected chi connectivity index (χ2v) is 9.61. The quantitative estimate of drug-likeness (QED) is 0.422. The largest absolute Gasteiger partial charge is 0.354 e. The number of H-pyrrole nitrogens is 1. The number of nitrogens with one attached hydrogen (secondary N) is 2. The molecule has 2 N–H and O–H groups in total. The third-order valence-corrected chi connectivity index (χ3v) is 7.09. The predicted octanol–water partition coefficient (Wildman–Crippen LogP) is 2.38. The van der Waals surface area contributed by atoms with E-state index in [1.165, 1.54) is 32.1 Å². The molecule has 10 nitrogen and oxygen atoms in total. The summed E-state index contributed by atoms with van der Waals surface area (Å²) in [6, 6.07) is 11.8. The maximum Gasteiger partial charge on any atom is 0.259 e. The number of piperidine rings is 1. The molecular formula is C25H29N9O. The van der Waals surface area contributed by atoms with Crippen LogP contribution in [0.4, 0.5) is 5.82 Å². The molecule has 3 aromatic heterocycles. The number of benzene rings is 1. The van der Waals surface area contributed by atoms with Crippen molar-refractivity contribution in [2.75, 3.05) is 24.5 Å². The Bertz CT molecular complexity index is 1360. The second kappa shape index (κ2) is 9.53. The molecule has 1 aromatic carbocycles. The Labute approximate surface area is 202 Å². The zero-order chi connectivity index (χ0) is 23.6. The van der Waals surface area contributed by atoms with E-state index in [1.807, 2.05) is 30.3 Å². The van der Waals surface area contributed by atoms with Crippen LogP contribution in [0.5, 0.6) is 0 Å². The highest BCUT2D eigenvalue weighted by atomic mass is 16.1. The van der Waals surface area contributed by atoms with Crippen LogP contribution in [-0.4, -0.2) is 60.8 Å². The number of nitrogens with zero attached hydrogens (tertiary/aromatic N) is 7. The highest BCUT2D eigenvalue weighted by Crippen LogP contribution is 2.26. The Morgan fingerprint density at radius 2 is 1.94 bits per heavy atom. The molecule has 0 spiro atoms. The molecule has 0 bridgehead atoms. The first-order chi connectivity index (χ1) is 17.2. The van der Waals surface area contributed by atoms with Crippen molar-refractivity contribution in [2.24, 2.45) is 5.92 Å². The minimum atomic E-state index is -0.195. The summed E-state index contributed by atoms with van der Waals surface area (Å²) in [5.74, 6) is 2.19. The summed E-state index contributed by atoms with van der Waals surface area (Å²) in [7, 11) is 0. The molecule has 0 unspecified atom stereocenters. The normalized spacial score (nSPS) is 18.6. The number of aromatic amines is 1. The Kier molecular flexibility index (Phi) is 5.95. The lowest BCUT2D eigenvalue weighted by Gasteiger charge is -2.35. The third kappa shape index (κ3) is 4.79. The van der Waals surface area contributed by atoms with E-state index in [0.717, 1.165) is 37.1 Å². The van der Waals surface area contributed by atoms with Gasteiger partial charge in [-0.1, -0.05) is 23.8 Å². The number of fused-ring (bicyclic) bond motifs is 1. The van der Waals surface area contributed by atoms with Crippen LogP contribution in [-0.2, 0) is 6.54 Å². The topological polar surface area (TPSA) is 118 Å². The van der Waals surface area contributed by atoms with Crippen molar-refractivity contribution in [3.05, 3.63) is 58.6 Å². The first kappa shape index (κ1) is 21.8. The average Bonchev–Trinajstić information content (AvgIpc) is 3.32.